The predicted octanol–water partition coefficient (Wildman–Crippen LogP) is 3.04. The summed E-state index contributed by atoms with van der Waals surface area (Å²) in [6, 6.07) is 5.81. The first-order chi connectivity index (χ1) is 8.52. The number of rotatable bonds is 5. The fourth-order valence-electron chi connectivity index (χ4n) is 1.30. The van der Waals surface area contributed by atoms with Gasteiger partial charge in [0.15, 0.2) is 0 Å². The lowest BCUT2D eigenvalue weighted by molar-refractivity contribution is 0.0693. The Labute approximate surface area is 108 Å². The van der Waals surface area contributed by atoms with Crippen LogP contribution in [0.15, 0.2) is 24.3 Å². The van der Waals surface area contributed by atoms with Gasteiger partial charge in [0, 0.05) is 0 Å². The molecule has 18 heavy (non-hydrogen) atoms. The summed E-state index contributed by atoms with van der Waals surface area (Å²) in [5.41, 5.74) is -0.0671. The normalized spacial score (nSPS) is 11.3. The van der Waals surface area contributed by atoms with Gasteiger partial charge in [-0.3, -0.25) is 0 Å². The van der Waals surface area contributed by atoms with E-state index in [9.17, 15) is 4.79 Å². The Bertz CT molecular complexity index is 349. The predicted molar refractivity (Wildman–Crippen MR) is 70.9 cm³/mol. The van der Waals surface area contributed by atoms with Gasteiger partial charge >= 0.3 is 5.97 Å². The van der Waals surface area contributed by atoms with Gasteiger partial charge in [-0.05, 0) is 25.0 Å². The number of phenols is 1. The number of carbonyl (C=O) groups is 1. The van der Waals surface area contributed by atoms with Crippen LogP contribution in [0, 0.1) is 0 Å². The van der Waals surface area contributed by atoms with Crippen molar-refractivity contribution >= 4 is 5.97 Å². The molecule has 1 aromatic carbocycles. The third-order valence-corrected chi connectivity index (χ3v) is 2.50. The lowest BCUT2D eigenvalue weighted by atomic mass is 10.1. The number of aliphatic hydroxyl groups is 1. The molecule has 0 aliphatic heterocycles. The van der Waals surface area contributed by atoms with Crippen LogP contribution < -0.4 is 0 Å². The van der Waals surface area contributed by atoms with Gasteiger partial charge in [0.1, 0.15) is 11.3 Å². The van der Waals surface area contributed by atoms with E-state index in [-0.39, 0.29) is 17.4 Å². The molecular weight excluding hydrogens is 232 g/mol. The molecule has 4 nitrogen and oxygen atoms in total. The maximum absolute atomic E-state index is 10.3. The molecule has 4 heteroatoms. The molecular formula is C14H22O4. The zero-order chi connectivity index (χ0) is 14.0. The first-order valence-corrected chi connectivity index (χ1v) is 6.22. The van der Waals surface area contributed by atoms with Crippen LogP contribution in [0.3, 0.4) is 0 Å². The van der Waals surface area contributed by atoms with Crippen molar-refractivity contribution in [1.82, 2.24) is 0 Å². The second kappa shape index (κ2) is 9.48. The molecule has 0 saturated heterocycles. The molecule has 102 valence electrons. The summed E-state index contributed by atoms with van der Waals surface area (Å²) in [5.74, 6) is -1.31. The van der Waals surface area contributed by atoms with Crippen molar-refractivity contribution in [1.29, 1.82) is 0 Å². The highest BCUT2D eigenvalue weighted by Gasteiger charge is 2.05. The maximum Gasteiger partial charge on any atom is 0.339 e. The van der Waals surface area contributed by atoms with Crippen molar-refractivity contribution in [3.8, 4) is 5.75 Å². The van der Waals surface area contributed by atoms with Crippen molar-refractivity contribution in [3.05, 3.63) is 29.8 Å². The summed E-state index contributed by atoms with van der Waals surface area (Å²) in [5, 5.41) is 26.3. The number of hydrogen-bond donors (Lipinski definition) is 3. The Morgan fingerprint density at radius 2 is 1.89 bits per heavy atom. The molecule has 1 aromatic rings. The largest absolute Gasteiger partial charge is 0.507 e. The summed E-state index contributed by atoms with van der Waals surface area (Å²) in [6.07, 6.45) is 4.19. The number of carboxylic acid groups (broad SMARTS) is 1. The highest BCUT2D eigenvalue weighted by Crippen LogP contribution is 2.14. The van der Waals surface area contributed by atoms with Gasteiger partial charge < -0.3 is 15.3 Å². The van der Waals surface area contributed by atoms with E-state index in [2.05, 4.69) is 6.92 Å². The molecule has 3 N–H and O–H groups in total. The molecule has 0 aliphatic carbocycles. The summed E-state index contributed by atoms with van der Waals surface area (Å²) < 4.78 is 0. The average Bonchev–Trinajstić information content (AvgIpc) is 2.36. The molecule has 1 unspecified atom stereocenters. The van der Waals surface area contributed by atoms with Crippen molar-refractivity contribution < 1.29 is 20.1 Å². The fourth-order valence-corrected chi connectivity index (χ4v) is 1.30. The molecule has 0 radical (unpaired) electrons. The average molecular weight is 254 g/mol. The number of aliphatic hydroxyl groups excluding tert-OH is 1. The molecule has 0 heterocycles. The van der Waals surface area contributed by atoms with Gasteiger partial charge in [0.2, 0.25) is 0 Å². The van der Waals surface area contributed by atoms with Gasteiger partial charge in [-0.25, -0.2) is 4.79 Å². The van der Waals surface area contributed by atoms with Crippen molar-refractivity contribution in [2.75, 3.05) is 0 Å². The van der Waals surface area contributed by atoms with E-state index >= 15 is 0 Å². The van der Waals surface area contributed by atoms with E-state index in [1.807, 2.05) is 6.92 Å². The van der Waals surface area contributed by atoms with Gasteiger partial charge in [-0.1, -0.05) is 38.8 Å². The zero-order valence-corrected chi connectivity index (χ0v) is 11.0. The number of aromatic hydroxyl groups is 1. The van der Waals surface area contributed by atoms with Crippen molar-refractivity contribution in [2.24, 2.45) is 0 Å². The third kappa shape index (κ3) is 6.91. The summed E-state index contributed by atoms with van der Waals surface area (Å²) in [4.78, 5) is 10.3. The summed E-state index contributed by atoms with van der Waals surface area (Å²) in [6.45, 7) is 4.16. The van der Waals surface area contributed by atoms with Crippen LogP contribution in [-0.4, -0.2) is 27.4 Å². The molecule has 0 bridgehead atoms. The molecule has 1 atom stereocenters. The highest BCUT2D eigenvalue weighted by atomic mass is 16.4. The number of aromatic carboxylic acids is 1. The van der Waals surface area contributed by atoms with Crippen LogP contribution in [-0.2, 0) is 0 Å². The quantitative estimate of drug-likeness (QED) is 0.754. The van der Waals surface area contributed by atoms with Gasteiger partial charge in [0.25, 0.3) is 0 Å². The minimum Gasteiger partial charge on any atom is -0.507 e. The van der Waals surface area contributed by atoms with Gasteiger partial charge in [0.05, 0.1) is 6.10 Å². The number of benzene rings is 1. The minimum absolute atomic E-state index is 0.0463. The Balaban J connectivity index is 0.000000331. The number of unbranched alkanes of at least 4 members (excludes halogenated alkanes) is 1. The SMILES string of the molecule is CCCCC(O)CC.O=C(O)c1ccccc1O. The smallest absolute Gasteiger partial charge is 0.339 e. The Kier molecular flexibility index (Phi) is 8.66. The van der Waals surface area contributed by atoms with Crippen molar-refractivity contribution in [2.45, 2.75) is 45.6 Å². The molecule has 0 amide bonds. The van der Waals surface area contributed by atoms with Crippen LogP contribution in [0.1, 0.15) is 49.9 Å². The first kappa shape index (κ1) is 16.4. The summed E-state index contributed by atoms with van der Waals surface area (Å²) >= 11 is 0. The van der Waals surface area contributed by atoms with E-state index < -0.39 is 5.97 Å². The third-order valence-electron chi connectivity index (χ3n) is 2.50. The summed E-state index contributed by atoms with van der Waals surface area (Å²) in [7, 11) is 0. The topological polar surface area (TPSA) is 77.8 Å². The molecule has 0 fully saturated rings. The van der Waals surface area contributed by atoms with E-state index in [1.54, 1.807) is 12.1 Å². The van der Waals surface area contributed by atoms with E-state index in [1.165, 1.54) is 18.6 Å². The monoisotopic (exact) mass is 254 g/mol. The number of para-hydroxylation sites is 1. The van der Waals surface area contributed by atoms with Crippen LogP contribution in [0.5, 0.6) is 5.75 Å². The van der Waals surface area contributed by atoms with E-state index in [0.29, 0.717) is 0 Å². The standard InChI is InChI=1S/C7H6O3.C7H16O/c8-6-4-2-1-3-5(6)7(9)10;1-3-5-6-7(8)4-2/h1-4,8H,(H,9,10);7-8H,3-6H2,1-2H3. The van der Waals surface area contributed by atoms with Crippen molar-refractivity contribution in [3.63, 3.8) is 0 Å². The zero-order valence-electron chi connectivity index (χ0n) is 11.0. The van der Waals surface area contributed by atoms with E-state index in [4.69, 9.17) is 15.3 Å². The minimum atomic E-state index is -1.11. The van der Waals surface area contributed by atoms with Gasteiger partial charge in [-0.2, -0.15) is 0 Å². The van der Waals surface area contributed by atoms with Crippen LogP contribution in [0.2, 0.25) is 0 Å². The highest BCUT2D eigenvalue weighted by molar-refractivity contribution is 5.90. The molecule has 1 rings (SSSR count). The Hall–Kier alpha value is -1.55. The van der Waals surface area contributed by atoms with Gasteiger partial charge in [-0.15, -0.1) is 0 Å². The second-order valence-electron chi connectivity index (χ2n) is 4.03. The maximum atomic E-state index is 10.3. The first-order valence-electron chi connectivity index (χ1n) is 6.22. The number of hydrogen-bond acceptors (Lipinski definition) is 3. The molecule has 0 spiro atoms. The second-order valence-corrected chi connectivity index (χ2v) is 4.03. The Morgan fingerprint density at radius 3 is 2.28 bits per heavy atom. The number of carboxylic acids is 1. The van der Waals surface area contributed by atoms with Crippen LogP contribution in [0.4, 0.5) is 0 Å². The van der Waals surface area contributed by atoms with E-state index in [0.717, 1.165) is 19.3 Å². The molecule has 0 aromatic heterocycles. The molecule has 0 aliphatic rings. The van der Waals surface area contributed by atoms with Crippen LogP contribution >= 0.6 is 0 Å². The Morgan fingerprint density at radius 1 is 1.28 bits per heavy atom. The molecule has 0 saturated carbocycles. The fraction of sp³-hybridized carbons (Fsp3) is 0.500. The lowest BCUT2D eigenvalue weighted by Gasteiger charge is -2.03. The van der Waals surface area contributed by atoms with Crippen LogP contribution in [0.25, 0.3) is 0 Å². The lowest BCUT2D eigenvalue weighted by Crippen LogP contribution is -2.02.